The Labute approximate surface area is 136 Å². The highest BCUT2D eigenvalue weighted by Crippen LogP contribution is 2.29. The zero-order valence-electron chi connectivity index (χ0n) is 12.3. The Bertz CT molecular complexity index is 756. The van der Waals surface area contributed by atoms with E-state index in [1.54, 1.807) is 23.1 Å². The van der Waals surface area contributed by atoms with Crippen molar-refractivity contribution in [2.45, 2.75) is 24.6 Å². The van der Waals surface area contributed by atoms with Gasteiger partial charge < -0.3 is 5.32 Å². The number of hydrogen-bond donors (Lipinski definition) is 2. The van der Waals surface area contributed by atoms with Crippen molar-refractivity contribution in [1.82, 2.24) is 15.2 Å². The maximum atomic E-state index is 12.0. The van der Waals surface area contributed by atoms with Crippen LogP contribution in [0, 0.1) is 13.8 Å². The standard InChI is InChI=1S/C15H16N4OS2/c1-9-14(10(2)19-18-9)17-13(20)7-8-21-15-16-11-5-3-4-6-12(11)22-15/h3-6H,7-8H2,1-2H3,(H,17,20)(H,18,19). The van der Waals surface area contributed by atoms with Gasteiger partial charge in [-0.1, -0.05) is 23.9 Å². The number of para-hydroxylation sites is 1. The minimum absolute atomic E-state index is 0.00112. The average Bonchev–Trinajstić information content (AvgIpc) is 3.05. The summed E-state index contributed by atoms with van der Waals surface area (Å²) in [6.07, 6.45) is 0.449. The molecule has 0 unspecified atom stereocenters. The van der Waals surface area contributed by atoms with Crippen LogP contribution in [-0.2, 0) is 4.79 Å². The van der Waals surface area contributed by atoms with Gasteiger partial charge in [0.05, 0.1) is 27.3 Å². The molecule has 114 valence electrons. The maximum Gasteiger partial charge on any atom is 0.225 e. The Balaban J connectivity index is 1.53. The van der Waals surface area contributed by atoms with Crippen LogP contribution in [0.5, 0.6) is 0 Å². The Morgan fingerprint density at radius 1 is 1.36 bits per heavy atom. The van der Waals surface area contributed by atoms with E-state index >= 15 is 0 Å². The molecule has 1 aromatic carbocycles. The second-order valence-corrected chi connectivity index (χ2v) is 7.28. The number of aromatic nitrogens is 3. The highest BCUT2D eigenvalue weighted by atomic mass is 32.2. The average molecular weight is 332 g/mol. The van der Waals surface area contributed by atoms with Gasteiger partial charge in [-0.05, 0) is 26.0 Å². The molecule has 0 saturated carbocycles. The number of nitrogens with zero attached hydrogens (tertiary/aromatic N) is 2. The summed E-state index contributed by atoms with van der Waals surface area (Å²) in [7, 11) is 0. The number of carbonyl (C=O) groups is 1. The van der Waals surface area contributed by atoms with Crippen LogP contribution in [0.4, 0.5) is 5.69 Å². The minimum Gasteiger partial charge on any atom is -0.323 e. The van der Waals surface area contributed by atoms with Gasteiger partial charge in [0.2, 0.25) is 5.91 Å². The first-order chi connectivity index (χ1) is 10.6. The predicted molar refractivity (Wildman–Crippen MR) is 91.7 cm³/mol. The molecular weight excluding hydrogens is 316 g/mol. The van der Waals surface area contributed by atoms with E-state index in [2.05, 4.69) is 26.6 Å². The largest absolute Gasteiger partial charge is 0.323 e. The normalized spacial score (nSPS) is 11.0. The topological polar surface area (TPSA) is 70.7 Å². The molecule has 0 fully saturated rings. The first-order valence-corrected chi connectivity index (χ1v) is 8.73. The van der Waals surface area contributed by atoms with Crippen molar-refractivity contribution < 1.29 is 4.79 Å². The lowest BCUT2D eigenvalue weighted by atomic mass is 10.3. The predicted octanol–water partition coefficient (Wildman–Crippen LogP) is 3.76. The van der Waals surface area contributed by atoms with Crippen molar-refractivity contribution in [3.8, 4) is 0 Å². The van der Waals surface area contributed by atoms with E-state index in [-0.39, 0.29) is 5.91 Å². The van der Waals surface area contributed by atoms with Crippen LogP contribution in [0.1, 0.15) is 17.8 Å². The summed E-state index contributed by atoms with van der Waals surface area (Å²) in [6.45, 7) is 3.76. The fourth-order valence-electron chi connectivity index (χ4n) is 2.08. The number of aryl methyl sites for hydroxylation is 2. The molecule has 0 bridgehead atoms. The van der Waals surface area contributed by atoms with E-state index in [0.717, 1.165) is 26.9 Å². The maximum absolute atomic E-state index is 12.0. The molecule has 22 heavy (non-hydrogen) atoms. The van der Waals surface area contributed by atoms with E-state index in [4.69, 9.17) is 0 Å². The quantitative estimate of drug-likeness (QED) is 0.698. The monoisotopic (exact) mass is 332 g/mol. The molecule has 0 atom stereocenters. The number of nitrogens with one attached hydrogen (secondary N) is 2. The summed E-state index contributed by atoms with van der Waals surface area (Å²) < 4.78 is 2.18. The zero-order chi connectivity index (χ0) is 15.5. The van der Waals surface area contributed by atoms with Crippen LogP contribution in [0.15, 0.2) is 28.6 Å². The van der Waals surface area contributed by atoms with Crippen molar-refractivity contribution in [2.75, 3.05) is 11.1 Å². The molecule has 0 spiro atoms. The Hall–Kier alpha value is -1.86. The number of amides is 1. The molecular formula is C15H16N4OS2. The van der Waals surface area contributed by atoms with Crippen LogP contribution in [0.3, 0.4) is 0 Å². The summed E-state index contributed by atoms with van der Waals surface area (Å²) >= 11 is 3.28. The number of rotatable bonds is 5. The Kier molecular flexibility index (Phi) is 4.44. The summed E-state index contributed by atoms with van der Waals surface area (Å²) in [5, 5.41) is 9.84. The van der Waals surface area contributed by atoms with Gasteiger partial charge in [-0.15, -0.1) is 11.3 Å². The molecule has 0 radical (unpaired) electrons. The molecule has 7 heteroatoms. The van der Waals surface area contributed by atoms with Gasteiger partial charge in [0.25, 0.3) is 0 Å². The van der Waals surface area contributed by atoms with Crippen LogP contribution >= 0.6 is 23.1 Å². The van der Waals surface area contributed by atoms with Crippen molar-refractivity contribution >= 4 is 44.9 Å². The molecule has 2 heterocycles. The number of aromatic amines is 1. The number of anilines is 1. The molecule has 2 N–H and O–H groups in total. The second kappa shape index (κ2) is 6.50. The molecule has 3 aromatic rings. The molecule has 3 rings (SSSR count). The Morgan fingerprint density at radius 2 is 2.18 bits per heavy atom. The Morgan fingerprint density at radius 3 is 2.91 bits per heavy atom. The minimum atomic E-state index is 0.00112. The lowest BCUT2D eigenvalue weighted by Gasteiger charge is -2.04. The number of thioether (sulfide) groups is 1. The fourth-order valence-corrected chi connectivity index (χ4v) is 4.16. The first-order valence-electron chi connectivity index (χ1n) is 6.93. The number of benzene rings is 1. The smallest absolute Gasteiger partial charge is 0.225 e. The number of carbonyl (C=O) groups excluding carboxylic acids is 1. The molecule has 0 aliphatic heterocycles. The lowest BCUT2D eigenvalue weighted by molar-refractivity contribution is -0.115. The number of thiazole rings is 1. The van der Waals surface area contributed by atoms with Gasteiger partial charge in [0, 0.05) is 12.2 Å². The highest BCUT2D eigenvalue weighted by Gasteiger charge is 2.11. The number of hydrogen-bond acceptors (Lipinski definition) is 5. The third kappa shape index (κ3) is 3.31. The number of fused-ring (bicyclic) bond motifs is 1. The van der Waals surface area contributed by atoms with Gasteiger partial charge in [-0.2, -0.15) is 5.10 Å². The van der Waals surface area contributed by atoms with Gasteiger partial charge in [0.15, 0.2) is 4.34 Å². The van der Waals surface area contributed by atoms with Crippen molar-refractivity contribution in [1.29, 1.82) is 0 Å². The SMILES string of the molecule is Cc1n[nH]c(C)c1NC(=O)CCSc1nc2ccccc2s1. The molecule has 0 saturated heterocycles. The molecule has 0 aliphatic rings. The molecule has 5 nitrogen and oxygen atoms in total. The van der Waals surface area contributed by atoms with E-state index in [9.17, 15) is 4.79 Å². The van der Waals surface area contributed by atoms with Gasteiger partial charge in [-0.3, -0.25) is 9.89 Å². The van der Waals surface area contributed by atoms with Gasteiger partial charge >= 0.3 is 0 Å². The summed E-state index contributed by atoms with van der Waals surface area (Å²) in [4.78, 5) is 16.5. The summed E-state index contributed by atoms with van der Waals surface area (Å²) in [5.41, 5.74) is 3.49. The van der Waals surface area contributed by atoms with Crippen molar-refractivity contribution in [3.63, 3.8) is 0 Å². The van der Waals surface area contributed by atoms with Crippen LogP contribution < -0.4 is 5.32 Å². The second-order valence-electron chi connectivity index (χ2n) is 4.90. The van der Waals surface area contributed by atoms with Gasteiger partial charge in [-0.25, -0.2) is 4.98 Å². The van der Waals surface area contributed by atoms with Crippen molar-refractivity contribution in [3.05, 3.63) is 35.7 Å². The van der Waals surface area contributed by atoms with E-state index < -0.39 is 0 Å². The van der Waals surface area contributed by atoms with Crippen LogP contribution in [0.25, 0.3) is 10.2 Å². The van der Waals surface area contributed by atoms with Crippen molar-refractivity contribution in [2.24, 2.45) is 0 Å². The molecule has 0 aliphatic carbocycles. The van der Waals surface area contributed by atoms with Crippen LogP contribution in [-0.4, -0.2) is 26.8 Å². The third-order valence-corrected chi connectivity index (χ3v) is 5.40. The fraction of sp³-hybridized carbons (Fsp3) is 0.267. The zero-order valence-corrected chi connectivity index (χ0v) is 14.0. The molecule has 1 amide bonds. The van der Waals surface area contributed by atoms with E-state index in [1.807, 2.05) is 32.0 Å². The van der Waals surface area contributed by atoms with E-state index in [0.29, 0.717) is 12.2 Å². The summed E-state index contributed by atoms with van der Waals surface area (Å²) in [5.74, 6) is 0.711. The highest BCUT2D eigenvalue weighted by molar-refractivity contribution is 8.01. The van der Waals surface area contributed by atoms with E-state index in [1.165, 1.54) is 4.70 Å². The summed E-state index contributed by atoms with van der Waals surface area (Å²) in [6, 6.07) is 8.07. The first kappa shape index (κ1) is 15.1. The lowest BCUT2D eigenvalue weighted by Crippen LogP contribution is -2.13. The number of H-pyrrole nitrogens is 1. The molecule has 2 aromatic heterocycles. The van der Waals surface area contributed by atoms with Gasteiger partial charge in [0.1, 0.15) is 0 Å². The van der Waals surface area contributed by atoms with Crippen LogP contribution in [0.2, 0.25) is 0 Å². The third-order valence-electron chi connectivity index (χ3n) is 3.22.